The molecule has 8 nitrogen and oxygen atoms in total. The highest BCUT2D eigenvalue weighted by Gasteiger charge is 2.47. The van der Waals surface area contributed by atoms with Crippen LogP contribution in [0.2, 0.25) is 0 Å². The van der Waals surface area contributed by atoms with Crippen molar-refractivity contribution in [1.29, 1.82) is 0 Å². The van der Waals surface area contributed by atoms with Crippen LogP contribution in [0.4, 0.5) is 0 Å². The molecular weight excluding hydrogens is 346 g/mol. The molecule has 0 aliphatic carbocycles. The van der Waals surface area contributed by atoms with Crippen molar-refractivity contribution >= 4 is 11.8 Å². The van der Waals surface area contributed by atoms with Crippen LogP contribution in [0.15, 0.2) is 36.9 Å². The minimum Gasteiger partial charge on any atom is -0.352 e. The van der Waals surface area contributed by atoms with Crippen LogP contribution < -0.4 is 0 Å². The molecule has 27 heavy (non-hydrogen) atoms. The first-order valence-electron chi connectivity index (χ1n) is 9.10. The normalized spacial score (nSPS) is 21.0. The third-order valence-electron chi connectivity index (χ3n) is 5.34. The highest BCUT2D eigenvalue weighted by atomic mass is 16.5. The zero-order chi connectivity index (χ0) is 19.0. The van der Waals surface area contributed by atoms with E-state index >= 15 is 0 Å². The molecule has 1 fully saturated rings. The zero-order valence-electron chi connectivity index (χ0n) is 15.5. The van der Waals surface area contributed by atoms with Crippen LogP contribution in [-0.4, -0.2) is 69.4 Å². The van der Waals surface area contributed by atoms with Crippen LogP contribution in [0.25, 0.3) is 0 Å². The van der Waals surface area contributed by atoms with E-state index < -0.39 is 11.7 Å². The van der Waals surface area contributed by atoms with Crippen molar-refractivity contribution < 1.29 is 14.3 Å². The lowest BCUT2D eigenvalue weighted by Gasteiger charge is -2.45. The second-order valence-electron chi connectivity index (χ2n) is 7.27. The second-order valence-corrected chi connectivity index (χ2v) is 7.27. The molecule has 0 N–H and O–H groups in total. The van der Waals surface area contributed by atoms with Gasteiger partial charge in [-0.15, -0.1) is 0 Å². The minimum absolute atomic E-state index is 0.0296. The van der Waals surface area contributed by atoms with E-state index in [4.69, 9.17) is 4.74 Å². The number of imidazole rings is 1. The maximum absolute atomic E-state index is 12.7. The summed E-state index contributed by atoms with van der Waals surface area (Å²) >= 11 is 0. The van der Waals surface area contributed by atoms with Crippen molar-refractivity contribution in [2.24, 2.45) is 0 Å². The Balaban J connectivity index is 1.54. The minimum atomic E-state index is -0.635. The number of fused-ring (bicyclic) bond motifs is 2. The lowest BCUT2D eigenvalue weighted by molar-refractivity contribution is -0.178. The summed E-state index contributed by atoms with van der Waals surface area (Å²) in [6, 6.07) is 3.53. The second kappa shape index (κ2) is 6.77. The van der Waals surface area contributed by atoms with E-state index in [1.807, 2.05) is 15.7 Å². The number of likely N-dealkylation sites (tertiary alicyclic amines) is 1. The fraction of sp³-hybridized carbons (Fsp3) is 0.474. The predicted octanol–water partition coefficient (Wildman–Crippen LogP) is 0.897. The highest BCUT2D eigenvalue weighted by molar-refractivity contribution is 5.93. The van der Waals surface area contributed by atoms with Gasteiger partial charge in [-0.3, -0.25) is 14.6 Å². The molecule has 8 heteroatoms. The molecular formula is C19H23N5O3. The number of carbonyl (C=O) groups excluding carboxylic acids is 2. The van der Waals surface area contributed by atoms with E-state index in [1.54, 1.807) is 49.7 Å². The van der Waals surface area contributed by atoms with Crippen LogP contribution in [-0.2, 0) is 21.7 Å². The monoisotopic (exact) mass is 369 g/mol. The lowest BCUT2D eigenvalue weighted by atomic mass is 9.88. The lowest BCUT2D eigenvalue weighted by Crippen LogP contribution is -2.54. The van der Waals surface area contributed by atoms with Gasteiger partial charge < -0.3 is 19.1 Å². The molecule has 2 aromatic rings. The largest absolute Gasteiger partial charge is 0.352 e. The van der Waals surface area contributed by atoms with Crippen molar-refractivity contribution in [3.05, 3.63) is 48.3 Å². The summed E-state index contributed by atoms with van der Waals surface area (Å²) in [7, 11) is 3.47. The van der Waals surface area contributed by atoms with Crippen LogP contribution in [0.1, 0.15) is 29.0 Å². The van der Waals surface area contributed by atoms with E-state index in [-0.39, 0.29) is 11.8 Å². The molecule has 2 aliphatic rings. The van der Waals surface area contributed by atoms with Crippen molar-refractivity contribution in [3.8, 4) is 0 Å². The van der Waals surface area contributed by atoms with Gasteiger partial charge in [-0.1, -0.05) is 0 Å². The standard InChI is InChI=1S/C19H23N5O3/c1-22(2)17(26)15-13-24-11-8-21-18(24)19(27-15)5-9-23(10-6-19)16(25)14-4-3-7-20-12-14/h3-4,7-8,11-12,15H,5-6,9-10,13H2,1-2H3/t15-/m1/s1. The Bertz CT molecular complexity index is 840. The van der Waals surface area contributed by atoms with Crippen molar-refractivity contribution in [3.63, 3.8) is 0 Å². The van der Waals surface area contributed by atoms with Gasteiger partial charge in [0.05, 0.1) is 12.1 Å². The van der Waals surface area contributed by atoms with E-state index in [1.165, 1.54) is 0 Å². The molecule has 2 aromatic heterocycles. The summed E-state index contributed by atoms with van der Waals surface area (Å²) in [4.78, 5) is 37.1. The smallest absolute Gasteiger partial charge is 0.255 e. The Hall–Kier alpha value is -2.74. The van der Waals surface area contributed by atoms with E-state index in [9.17, 15) is 9.59 Å². The highest BCUT2D eigenvalue weighted by Crippen LogP contribution is 2.40. The van der Waals surface area contributed by atoms with Crippen LogP contribution in [0, 0.1) is 0 Å². The van der Waals surface area contributed by atoms with E-state index in [0.717, 1.165) is 5.82 Å². The number of pyridine rings is 1. The molecule has 1 saturated heterocycles. The Labute approximate surface area is 157 Å². The topological polar surface area (TPSA) is 80.6 Å². The number of amides is 2. The summed E-state index contributed by atoms with van der Waals surface area (Å²) in [6.07, 6.45) is 7.54. The molecule has 2 aliphatic heterocycles. The number of carbonyl (C=O) groups is 2. The van der Waals surface area contributed by atoms with Crippen LogP contribution >= 0.6 is 0 Å². The van der Waals surface area contributed by atoms with E-state index in [2.05, 4.69) is 9.97 Å². The quantitative estimate of drug-likeness (QED) is 0.786. The molecule has 0 unspecified atom stereocenters. The number of rotatable bonds is 2. The molecule has 4 heterocycles. The zero-order valence-corrected chi connectivity index (χ0v) is 15.5. The van der Waals surface area contributed by atoms with Gasteiger partial charge >= 0.3 is 0 Å². The summed E-state index contributed by atoms with van der Waals surface area (Å²) in [5, 5.41) is 0. The number of likely N-dealkylation sites (N-methyl/N-ethyl adjacent to an activating group) is 1. The van der Waals surface area contributed by atoms with Gasteiger partial charge in [0.2, 0.25) is 0 Å². The SMILES string of the molecule is CN(C)C(=O)[C@H]1Cn2ccnc2C2(CCN(C(=O)c3cccnc3)CC2)O1. The molecule has 142 valence electrons. The molecule has 2 amide bonds. The number of piperidine rings is 1. The number of hydrogen-bond acceptors (Lipinski definition) is 5. The maximum Gasteiger partial charge on any atom is 0.255 e. The van der Waals surface area contributed by atoms with Gasteiger partial charge in [0.25, 0.3) is 11.8 Å². The van der Waals surface area contributed by atoms with Gasteiger partial charge in [0, 0.05) is 64.8 Å². The third kappa shape index (κ3) is 3.10. The van der Waals surface area contributed by atoms with Crippen molar-refractivity contribution in [2.45, 2.75) is 31.1 Å². The molecule has 1 spiro atoms. The van der Waals surface area contributed by atoms with Gasteiger partial charge in [0.15, 0.2) is 6.10 Å². The van der Waals surface area contributed by atoms with Crippen molar-refractivity contribution in [1.82, 2.24) is 24.3 Å². The molecule has 0 saturated carbocycles. The van der Waals surface area contributed by atoms with E-state index in [0.29, 0.717) is 38.0 Å². The summed E-state index contributed by atoms with van der Waals surface area (Å²) in [5.41, 5.74) is -0.0516. The fourth-order valence-corrected chi connectivity index (χ4v) is 3.90. The molecule has 0 bridgehead atoms. The first kappa shape index (κ1) is 17.7. The summed E-state index contributed by atoms with van der Waals surface area (Å²) in [6.45, 7) is 1.55. The summed E-state index contributed by atoms with van der Waals surface area (Å²) < 4.78 is 8.34. The maximum atomic E-state index is 12.7. The molecule has 1 atom stereocenters. The first-order valence-corrected chi connectivity index (χ1v) is 9.10. The number of hydrogen-bond donors (Lipinski definition) is 0. The van der Waals surface area contributed by atoms with Gasteiger partial charge in [-0.25, -0.2) is 4.98 Å². The molecule has 0 radical (unpaired) electrons. The predicted molar refractivity (Wildman–Crippen MR) is 96.8 cm³/mol. The third-order valence-corrected chi connectivity index (χ3v) is 5.34. The van der Waals surface area contributed by atoms with Crippen LogP contribution in [0.5, 0.6) is 0 Å². The molecule has 0 aromatic carbocycles. The fourth-order valence-electron chi connectivity index (χ4n) is 3.90. The Kier molecular flexibility index (Phi) is 4.43. The molecule has 4 rings (SSSR count). The van der Waals surface area contributed by atoms with Gasteiger partial charge in [-0.2, -0.15) is 0 Å². The van der Waals surface area contributed by atoms with Crippen molar-refractivity contribution in [2.75, 3.05) is 27.2 Å². The first-order chi connectivity index (χ1) is 13.0. The average molecular weight is 369 g/mol. The average Bonchev–Trinajstić information content (AvgIpc) is 3.18. The number of ether oxygens (including phenoxy) is 1. The number of aromatic nitrogens is 3. The van der Waals surface area contributed by atoms with Gasteiger partial charge in [0.1, 0.15) is 11.4 Å². The Morgan fingerprint density at radius 2 is 2.04 bits per heavy atom. The summed E-state index contributed by atoms with van der Waals surface area (Å²) in [5.74, 6) is 0.763. The Morgan fingerprint density at radius 3 is 2.70 bits per heavy atom. The van der Waals surface area contributed by atoms with Gasteiger partial charge in [-0.05, 0) is 12.1 Å². The van der Waals surface area contributed by atoms with Crippen LogP contribution in [0.3, 0.4) is 0 Å². The number of nitrogens with zero attached hydrogens (tertiary/aromatic N) is 5. The Morgan fingerprint density at radius 1 is 1.26 bits per heavy atom.